The Morgan fingerprint density at radius 2 is 1.71 bits per heavy atom. The Kier molecular flexibility index (Phi) is 8.95. The zero-order valence-corrected chi connectivity index (χ0v) is 21.5. The maximum absolute atomic E-state index is 4.57. The minimum Gasteiger partial charge on any atom is -0.355 e. The van der Waals surface area contributed by atoms with Crippen LogP contribution in [0.15, 0.2) is 47.5 Å². The van der Waals surface area contributed by atoms with E-state index in [9.17, 15) is 0 Å². The van der Waals surface area contributed by atoms with Crippen LogP contribution in [0.25, 0.3) is 10.8 Å². The van der Waals surface area contributed by atoms with E-state index in [-0.39, 0.29) is 24.0 Å². The summed E-state index contributed by atoms with van der Waals surface area (Å²) in [6.45, 7) is 9.53. The van der Waals surface area contributed by atoms with Crippen molar-refractivity contribution in [3.8, 4) is 0 Å². The van der Waals surface area contributed by atoms with Gasteiger partial charge in [-0.1, -0.05) is 42.5 Å². The number of nitrogens with one attached hydrogen (secondary N) is 1. The van der Waals surface area contributed by atoms with Gasteiger partial charge in [-0.2, -0.15) is 0 Å². The summed E-state index contributed by atoms with van der Waals surface area (Å²) in [6, 6.07) is 15.9. The van der Waals surface area contributed by atoms with Crippen LogP contribution in [0.2, 0.25) is 0 Å². The highest BCUT2D eigenvalue weighted by atomic mass is 127. The lowest BCUT2D eigenvalue weighted by atomic mass is 10.0. The van der Waals surface area contributed by atoms with Crippen molar-refractivity contribution in [2.45, 2.75) is 12.6 Å². The summed E-state index contributed by atoms with van der Waals surface area (Å²) in [5.74, 6) is 1.04. The number of fused-ring (bicyclic) bond motifs is 1. The van der Waals surface area contributed by atoms with Crippen LogP contribution in [0, 0.1) is 0 Å². The van der Waals surface area contributed by atoms with Crippen molar-refractivity contribution in [2.75, 3.05) is 73.5 Å². The van der Waals surface area contributed by atoms with Crippen LogP contribution in [-0.4, -0.2) is 105 Å². The number of nitrogens with zero attached hydrogens (tertiary/aromatic N) is 5. The first kappa shape index (κ1) is 24.2. The fourth-order valence-corrected chi connectivity index (χ4v) is 4.65. The van der Waals surface area contributed by atoms with Gasteiger partial charge in [0.1, 0.15) is 0 Å². The van der Waals surface area contributed by atoms with Crippen LogP contribution in [0.5, 0.6) is 0 Å². The number of piperazine rings is 2. The van der Waals surface area contributed by atoms with Gasteiger partial charge in [-0.05, 0) is 30.4 Å². The number of aliphatic imine (C=N–C) groups is 1. The number of guanidine groups is 1. The Morgan fingerprint density at radius 1 is 0.968 bits per heavy atom. The number of halogens is 1. The number of hydrogen-bond acceptors (Lipinski definition) is 4. The van der Waals surface area contributed by atoms with Gasteiger partial charge in [0.25, 0.3) is 0 Å². The Labute approximate surface area is 204 Å². The first-order chi connectivity index (χ1) is 14.6. The SMILES string of the molecule is CN=C(NCC1CN(C)CCN1C)N1CCN(Cc2cccc3ccccc23)CC1.I. The molecule has 31 heavy (non-hydrogen) atoms. The molecular formula is C24H37IN6. The van der Waals surface area contributed by atoms with E-state index in [0.717, 1.165) is 64.9 Å². The minimum absolute atomic E-state index is 0. The van der Waals surface area contributed by atoms with Crippen molar-refractivity contribution in [1.29, 1.82) is 0 Å². The third-order valence-corrected chi connectivity index (χ3v) is 6.63. The average molecular weight is 537 g/mol. The molecular weight excluding hydrogens is 499 g/mol. The molecule has 0 bridgehead atoms. The van der Waals surface area contributed by atoms with Gasteiger partial charge in [0.15, 0.2) is 5.96 Å². The van der Waals surface area contributed by atoms with Crippen molar-refractivity contribution >= 4 is 40.7 Å². The second-order valence-electron chi connectivity index (χ2n) is 8.73. The number of rotatable bonds is 4. The molecule has 2 heterocycles. The molecule has 2 aromatic rings. The first-order valence-electron chi connectivity index (χ1n) is 11.2. The quantitative estimate of drug-likeness (QED) is 0.369. The van der Waals surface area contributed by atoms with E-state index in [1.165, 1.54) is 16.3 Å². The maximum atomic E-state index is 4.57. The highest BCUT2D eigenvalue weighted by Gasteiger charge is 2.24. The zero-order valence-electron chi connectivity index (χ0n) is 19.1. The molecule has 6 nitrogen and oxygen atoms in total. The molecule has 0 amide bonds. The maximum Gasteiger partial charge on any atom is 0.193 e. The number of benzene rings is 2. The Balaban J connectivity index is 0.00000272. The van der Waals surface area contributed by atoms with E-state index in [2.05, 4.69) is 86.5 Å². The van der Waals surface area contributed by atoms with Crippen LogP contribution in [0.4, 0.5) is 0 Å². The molecule has 1 atom stereocenters. The van der Waals surface area contributed by atoms with Gasteiger partial charge in [0.2, 0.25) is 0 Å². The lowest BCUT2D eigenvalue weighted by Gasteiger charge is -2.40. The zero-order chi connectivity index (χ0) is 20.9. The lowest BCUT2D eigenvalue weighted by molar-refractivity contribution is 0.115. The molecule has 2 saturated heterocycles. The van der Waals surface area contributed by atoms with Gasteiger partial charge in [-0.3, -0.25) is 14.8 Å². The fourth-order valence-electron chi connectivity index (χ4n) is 4.65. The highest BCUT2D eigenvalue weighted by Crippen LogP contribution is 2.20. The summed E-state index contributed by atoms with van der Waals surface area (Å²) in [4.78, 5) is 14.4. The predicted octanol–water partition coefficient (Wildman–Crippen LogP) is 2.40. The monoisotopic (exact) mass is 536 g/mol. The Hall–Kier alpha value is -1.42. The summed E-state index contributed by atoms with van der Waals surface area (Å²) >= 11 is 0. The van der Waals surface area contributed by atoms with E-state index in [1.54, 1.807) is 0 Å². The molecule has 0 spiro atoms. The molecule has 0 aliphatic carbocycles. The first-order valence-corrected chi connectivity index (χ1v) is 11.2. The fraction of sp³-hybridized carbons (Fsp3) is 0.542. The van der Waals surface area contributed by atoms with Crippen molar-refractivity contribution in [3.63, 3.8) is 0 Å². The van der Waals surface area contributed by atoms with E-state index >= 15 is 0 Å². The predicted molar refractivity (Wildman–Crippen MR) is 141 cm³/mol. The molecule has 1 N–H and O–H groups in total. The largest absolute Gasteiger partial charge is 0.355 e. The van der Waals surface area contributed by atoms with Crippen LogP contribution in [0.3, 0.4) is 0 Å². The Bertz CT molecular complexity index is 859. The minimum atomic E-state index is 0. The van der Waals surface area contributed by atoms with Crippen molar-refractivity contribution in [3.05, 3.63) is 48.0 Å². The number of likely N-dealkylation sites (N-methyl/N-ethyl adjacent to an activating group) is 2. The van der Waals surface area contributed by atoms with E-state index in [0.29, 0.717) is 6.04 Å². The third kappa shape index (κ3) is 6.09. The van der Waals surface area contributed by atoms with Crippen LogP contribution in [0.1, 0.15) is 5.56 Å². The van der Waals surface area contributed by atoms with Crippen LogP contribution >= 0.6 is 24.0 Å². The van der Waals surface area contributed by atoms with E-state index in [1.807, 2.05) is 7.05 Å². The summed E-state index contributed by atoms with van der Waals surface area (Å²) in [6.07, 6.45) is 0. The second-order valence-corrected chi connectivity index (χ2v) is 8.73. The smallest absolute Gasteiger partial charge is 0.193 e. The molecule has 2 aromatic carbocycles. The van der Waals surface area contributed by atoms with Crippen molar-refractivity contribution in [2.24, 2.45) is 4.99 Å². The van der Waals surface area contributed by atoms with Gasteiger partial charge in [-0.25, -0.2) is 0 Å². The molecule has 0 aromatic heterocycles. The Morgan fingerprint density at radius 3 is 2.48 bits per heavy atom. The lowest BCUT2D eigenvalue weighted by Crippen LogP contribution is -2.57. The normalized spacial score (nSPS) is 21.8. The van der Waals surface area contributed by atoms with Gasteiger partial charge in [-0.15, -0.1) is 24.0 Å². The van der Waals surface area contributed by atoms with Crippen molar-refractivity contribution in [1.82, 2.24) is 24.9 Å². The number of hydrogen-bond donors (Lipinski definition) is 1. The summed E-state index contributed by atoms with van der Waals surface area (Å²) in [5, 5.41) is 6.34. The van der Waals surface area contributed by atoms with Crippen molar-refractivity contribution < 1.29 is 0 Å². The van der Waals surface area contributed by atoms with Gasteiger partial charge in [0, 0.05) is 72.0 Å². The van der Waals surface area contributed by atoms with E-state index < -0.39 is 0 Å². The van der Waals surface area contributed by atoms with Gasteiger partial charge >= 0.3 is 0 Å². The molecule has 2 aliphatic heterocycles. The van der Waals surface area contributed by atoms with E-state index in [4.69, 9.17) is 0 Å². The van der Waals surface area contributed by atoms with Gasteiger partial charge < -0.3 is 15.1 Å². The van der Waals surface area contributed by atoms with Crippen LogP contribution < -0.4 is 5.32 Å². The molecule has 0 radical (unpaired) electrons. The molecule has 4 rings (SSSR count). The van der Waals surface area contributed by atoms with Gasteiger partial charge in [0.05, 0.1) is 0 Å². The average Bonchev–Trinajstić information content (AvgIpc) is 2.78. The molecule has 170 valence electrons. The topological polar surface area (TPSA) is 37.4 Å². The molecule has 1 unspecified atom stereocenters. The summed E-state index contributed by atoms with van der Waals surface area (Å²) < 4.78 is 0. The third-order valence-electron chi connectivity index (χ3n) is 6.63. The molecule has 2 fully saturated rings. The second kappa shape index (κ2) is 11.4. The van der Waals surface area contributed by atoms with Crippen LogP contribution in [-0.2, 0) is 6.54 Å². The standard InChI is InChI=1S/C24H36N6.HI/c1-25-24(26-17-22-19-27(2)11-12-28(22)3)30-15-13-29(14-16-30)18-21-9-6-8-20-7-4-5-10-23(20)21;/h4-10,22H,11-19H2,1-3H3,(H,25,26);1H. The summed E-state index contributed by atoms with van der Waals surface area (Å²) in [7, 11) is 6.35. The molecule has 7 heteroatoms. The summed E-state index contributed by atoms with van der Waals surface area (Å²) in [5.41, 5.74) is 1.42. The highest BCUT2D eigenvalue weighted by molar-refractivity contribution is 14.0. The molecule has 0 saturated carbocycles. The molecule has 2 aliphatic rings.